The molecule has 0 atom stereocenters. The summed E-state index contributed by atoms with van der Waals surface area (Å²) in [5, 5.41) is 4.33. The van der Waals surface area contributed by atoms with Crippen LogP contribution in [0.2, 0.25) is 0 Å². The molecule has 16 heavy (non-hydrogen) atoms. The Balaban J connectivity index is 0.000000606. The minimum atomic E-state index is 1.08. The highest BCUT2D eigenvalue weighted by molar-refractivity contribution is 5.65. The Morgan fingerprint density at radius 3 is 2.31 bits per heavy atom. The molecule has 0 aliphatic rings. The Bertz CT molecular complexity index is 456. The summed E-state index contributed by atoms with van der Waals surface area (Å²) in [4.78, 5) is 0. The van der Waals surface area contributed by atoms with Gasteiger partial charge in [-0.3, -0.25) is 4.68 Å². The van der Waals surface area contributed by atoms with Crippen LogP contribution in [0.1, 0.15) is 25.1 Å². The monoisotopic (exact) mass is 216 g/mol. The fourth-order valence-corrected chi connectivity index (χ4v) is 1.70. The lowest BCUT2D eigenvalue weighted by Crippen LogP contribution is -1.86. The van der Waals surface area contributed by atoms with Gasteiger partial charge in [0, 0.05) is 18.8 Å². The maximum atomic E-state index is 4.33. The Morgan fingerprint density at radius 2 is 1.81 bits per heavy atom. The SMILES string of the molecule is CC.Cc1cccc(-c2cn(C)nc2C)c1. The topological polar surface area (TPSA) is 17.8 Å². The lowest BCUT2D eigenvalue weighted by atomic mass is 10.1. The van der Waals surface area contributed by atoms with E-state index in [1.807, 2.05) is 32.5 Å². The van der Waals surface area contributed by atoms with E-state index in [2.05, 4.69) is 42.5 Å². The molecule has 1 aromatic carbocycles. The van der Waals surface area contributed by atoms with Crippen molar-refractivity contribution in [1.29, 1.82) is 0 Å². The Labute approximate surface area is 97.9 Å². The van der Waals surface area contributed by atoms with Crippen molar-refractivity contribution in [3.8, 4) is 11.1 Å². The lowest BCUT2D eigenvalue weighted by Gasteiger charge is -1.99. The number of hydrogen-bond donors (Lipinski definition) is 0. The molecule has 0 N–H and O–H groups in total. The zero-order valence-corrected chi connectivity index (χ0v) is 10.8. The smallest absolute Gasteiger partial charge is 0.0671 e. The van der Waals surface area contributed by atoms with E-state index in [0.29, 0.717) is 0 Å². The number of rotatable bonds is 1. The number of hydrogen-bond acceptors (Lipinski definition) is 1. The largest absolute Gasteiger partial charge is 0.275 e. The van der Waals surface area contributed by atoms with Gasteiger partial charge >= 0.3 is 0 Å². The third kappa shape index (κ3) is 2.72. The van der Waals surface area contributed by atoms with Crippen molar-refractivity contribution >= 4 is 0 Å². The van der Waals surface area contributed by atoms with Crippen molar-refractivity contribution < 1.29 is 0 Å². The van der Waals surface area contributed by atoms with Crippen molar-refractivity contribution in [2.24, 2.45) is 7.05 Å². The Morgan fingerprint density at radius 1 is 1.12 bits per heavy atom. The quantitative estimate of drug-likeness (QED) is 0.710. The van der Waals surface area contributed by atoms with Crippen LogP contribution in [0.4, 0.5) is 0 Å². The number of aryl methyl sites for hydroxylation is 3. The van der Waals surface area contributed by atoms with Gasteiger partial charge in [0.15, 0.2) is 0 Å². The number of nitrogens with zero attached hydrogens (tertiary/aromatic N) is 2. The minimum absolute atomic E-state index is 1.08. The summed E-state index contributed by atoms with van der Waals surface area (Å²) >= 11 is 0. The maximum Gasteiger partial charge on any atom is 0.0671 e. The summed E-state index contributed by atoms with van der Waals surface area (Å²) in [5.41, 5.74) is 4.83. The summed E-state index contributed by atoms with van der Waals surface area (Å²) in [5.74, 6) is 0. The van der Waals surface area contributed by atoms with Gasteiger partial charge in [-0.1, -0.05) is 43.7 Å². The molecule has 2 nitrogen and oxygen atoms in total. The van der Waals surface area contributed by atoms with E-state index in [0.717, 1.165) is 5.69 Å². The molecule has 0 saturated carbocycles. The minimum Gasteiger partial charge on any atom is -0.275 e. The molecule has 2 aromatic rings. The molecule has 0 aliphatic heterocycles. The fourth-order valence-electron chi connectivity index (χ4n) is 1.70. The van der Waals surface area contributed by atoms with Crippen molar-refractivity contribution in [3.05, 3.63) is 41.7 Å². The van der Waals surface area contributed by atoms with Crippen LogP contribution in [-0.4, -0.2) is 9.78 Å². The van der Waals surface area contributed by atoms with E-state index in [9.17, 15) is 0 Å². The van der Waals surface area contributed by atoms with Crippen LogP contribution in [0, 0.1) is 13.8 Å². The summed E-state index contributed by atoms with van der Waals surface area (Å²) in [6.07, 6.45) is 2.06. The molecule has 1 heterocycles. The van der Waals surface area contributed by atoms with Gasteiger partial charge in [-0.15, -0.1) is 0 Å². The molecule has 0 amide bonds. The normalized spacial score (nSPS) is 9.56. The number of benzene rings is 1. The first-order valence-corrected chi connectivity index (χ1v) is 5.74. The summed E-state index contributed by atoms with van der Waals surface area (Å²) in [6.45, 7) is 8.15. The van der Waals surface area contributed by atoms with Gasteiger partial charge in [0.25, 0.3) is 0 Å². The molecule has 0 fully saturated rings. The summed E-state index contributed by atoms with van der Waals surface area (Å²) in [7, 11) is 1.95. The molecule has 2 rings (SSSR count). The predicted molar refractivity (Wildman–Crippen MR) is 69.5 cm³/mol. The third-order valence-corrected chi connectivity index (χ3v) is 2.34. The van der Waals surface area contributed by atoms with Crippen LogP contribution in [0.3, 0.4) is 0 Å². The highest BCUT2D eigenvalue weighted by Crippen LogP contribution is 2.22. The first kappa shape index (κ1) is 12.5. The average Bonchev–Trinajstić information content (AvgIpc) is 2.61. The molecule has 2 heteroatoms. The molecule has 0 aliphatic carbocycles. The summed E-state index contributed by atoms with van der Waals surface area (Å²) in [6, 6.07) is 8.49. The predicted octanol–water partition coefficient (Wildman–Crippen LogP) is 3.73. The Kier molecular flexibility index (Phi) is 4.29. The van der Waals surface area contributed by atoms with Gasteiger partial charge in [0.2, 0.25) is 0 Å². The fraction of sp³-hybridized carbons (Fsp3) is 0.357. The van der Waals surface area contributed by atoms with Gasteiger partial charge in [0.05, 0.1) is 5.69 Å². The second-order valence-corrected chi connectivity index (χ2v) is 3.67. The van der Waals surface area contributed by atoms with E-state index in [-0.39, 0.29) is 0 Å². The van der Waals surface area contributed by atoms with Gasteiger partial charge in [-0.05, 0) is 19.4 Å². The second kappa shape index (κ2) is 5.50. The first-order valence-electron chi connectivity index (χ1n) is 5.74. The summed E-state index contributed by atoms with van der Waals surface area (Å²) < 4.78 is 1.85. The van der Waals surface area contributed by atoms with Crippen LogP contribution in [0.15, 0.2) is 30.5 Å². The van der Waals surface area contributed by atoms with Crippen LogP contribution in [-0.2, 0) is 7.05 Å². The van der Waals surface area contributed by atoms with E-state index >= 15 is 0 Å². The molecule has 0 bridgehead atoms. The van der Waals surface area contributed by atoms with Crippen LogP contribution in [0.5, 0.6) is 0 Å². The highest BCUT2D eigenvalue weighted by atomic mass is 15.2. The highest BCUT2D eigenvalue weighted by Gasteiger charge is 2.04. The van der Waals surface area contributed by atoms with Gasteiger partial charge in [0.1, 0.15) is 0 Å². The van der Waals surface area contributed by atoms with E-state index in [4.69, 9.17) is 0 Å². The first-order chi connectivity index (χ1) is 7.66. The number of aromatic nitrogens is 2. The zero-order chi connectivity index (χ0) is 12.1. The maximum absolute atomic E-state index is 4.33. The molecular weight excluding hydrogens is 196 g/mol. The van der Waals surface area contributed by atoms with Crippen LogP contribution < -0.4 is 0 Å². The standard InChI is InChI=1S/C12H14N2.C2H6/c1-9-5-4-6-11(7-9)12-8-14(3)13-10(12)2;1-2/h4-8H,1-3H3;1-2H3. The van der Waals surface area contributed by atoms with Gasteiger partial charge in [-0.2, -0.15) is 5.10 Å². The van der Waals surface area contributed by atoms with Crippen molar-refractivity contribution in [2.75, 3.05) is 0 Å². The zero-order valence-electron chi connectivity index (χ0n) is 10.8. The van der Waals surface area contributed by atoms with Crippen molar-refractivity contribution in [2.45, 2.75) is 27.7 Å². The molecule has 86 valence electrons. The van der Waals surface area contributed by atoms with Crippen LogP contribution >= 0.6 is 0 Å². The van der Waals surface area contributed by atoms with Crippen molar-refractivity contribution in [1.82, 2.24) is 9.78 Å². The third-order valence-electron chi connectivity index (χ3n) is 2.34. The van der Waals surface area contributed by atoms with E-state index < -0.39 is 0 Å². The van der Waals surface area contributed by atoms with Crippen molar-refractivity contribution in [3.63, 3.8) is 0 Å². The molecule has 0 spiro atoms. The van der Waals surface area contributed by atoms with Gasteiger partial charge in [-0.25, -0.2) is 0 Å². The Hall–Kier alpha value is -1.57. The molecule has 0 unspecified atom stereocenters. The molecule has 0 saturated heterocycles. The average molecular weight is 216 g/mol. The second-order valence-electron chi connectivity index (χ2n) is 3.67. The molecular formula is C14H20N2. The lowest BCUT2D eigenvalue weighted by molar-refractivity contribution is 0.756. The van der Waals surface area contributed by atoms with E-state index in [1.165, 1.54) is 16.7 Å². The molecule has 1 aromatic heterocycles. The van der Waals surface area contributed by atoms with E-state index in [1.54, 1.807) is 0 Å². The van der Waals surface area contributed by atoms with Gasteiger partial charge < -0.3 is 0 Å². The molecule has 0 radical (unpaired) electrons. The van der Waals surface area contributed by atoms with Crippen LogP contribution in [0.25, 0.3) is 11.1 Å².